The predicted octanol–water partition coefficient (Wildman–Crippen LogP) is 1.03. The molecule has 1 saturated heterocycles. The molecule has 1 aromatic carbocycles. The quantitative estimate of drug-likeness (QED) is 0.842. The van der Waals surface area contributed by atoms with Crippen molar-refractivity contribution in [1.29, 1.82) is 0 Å². The molecule has 2 fully saturated rings. The molecule has 0 spiro atoms. The van der Waals surface area contributed by atoms with Crippen molar-refractivity contribution in [3.63, 3.8) is 0 Å². The van der Waals surface area contributed by atoms with Gasteiger partial charge in [-0.25, -0.2) is 8.42 Å². The summed E-state index contributed by atoms with van der Waals surface area (Å²) in [4.78, 5) is 11.3. The number of nitrogens with zero attached hydrogens (tertiary/aromatic N) is 1. The van der Waals surface area contributed by atoms with E-state index in [0.29, 0.717) is 5.56 Å². The first-order chi connectivity index (χ1) is 9.33. The second-order valence-electron chi connectivity index (χ2n) is 5.73. The zero-order chi connectivity index (χ0) is 14.5. The van der Waals surface area contributed by atoms with Gasteiger partial charge in [-0.15, -0.1) is 0 Å². The first kappa shape index (κ1) is 13.7. The van der Waals surface area contributed by atoms with Crippen molar-refractivity contribution in [1.82, 2.24) is 4.31 Å². The van der Waals surface area contributed by atoms with Gasteiger partial charge >= 0.3 is 0 Å². The van der Waals surface area contributed by atoms with Gasteiger partial charge in [-0.2, -0.15) is 4.31 Å². The molecule has 1 N–H and O–H groups in total. The van der Waals surface area contributed by atoms with Gasteiger partial charge in [-0.3, -0.25) is 4.79 Å². The molecule has 20 heavy (non-hydrogen) atoms. The van der Waals surface area contributed by atoms with E-state index in [-0.39, 0.29) is 29.7 Å². The fourth-order valence-electron chi connectivity index (χ4n) is 2.62. The van der Waals surface area contributed by atoms with Crippen LogP contribution in [-0.2, 0) is 10.0 Å². The highest BCUT2D eigenvalue weighted by atomic mass is 32.2. The number of rotatable bonds is 4. The average Bonchev–Trinajstić information content (AvgIpc) is 3.19. The number of carbonyl (C=O) groups is 1. The lowest BCUT2D eigenvalue weighted by molar-refractivity contribution is -0.0764. The fourth-order valence-corrected chi connectivity index (χ4v) is 4.19. The number of Topliss-reactive ketones (excluding diaryl/α,β-unsaturated/α-hetero) is 1. The first-order valence-electron chi connectivity index (χ1n) is 6.66. The van der Waals surface area contributed by atoms with Crippen LogP contribution in [0, 0.1) is 5.92 Å². The Balaban J connectivity index is 1.77. The van der Waals surface area contributed by atoms with Gasteiger partial charge in [0.2, 0.25) is 10.0 Å². The Hall–Kier alpha value is -1.24. The van der Waals surface area contributed by atoms with Crippen LogP contribution in [-0.4, -0.2) is 42.3 Å². The zero-order valence-electron chi connectivity index (χ0n) is 11.2. The van der Waals surface area contributed by atoms with Crippen LogP contribution in [0.25, 0.3) is 0 Å². The number of carbonyl (C=O) groups excluding carboxylic acids is 1. The minimum absolute atomic E-state index is 0.0963. The minimum Gasteiger partial charge on any atom is -0.387 e. The smallest absolute Gasteiger partial charge is 0.243 e. The molecule has 5 nitrogen and oxygen atoms in total. The van der Waals surface area contributed by atoms with E-state index in [1.54, 1.807) is 0 Å². The summed E-state index contributed by atoms with van der Waals surface area (Å²) in [5.74, 6) is 0.162. The molecule has 0 radical (unpaired) electrons. The second-order valence-corrected chi connectivity index (χ2v) is 7.67. The molecule has 0 aromatic heterocycles. The molecule has 0 amide bonds. The molecule has 0 unspecified atom stereocenters. The van der Waals surface area contributed by atoms with Crippen LogP contribution in [0.4, 0.5) is 0 Å². The van der Waals surface area contributed by atoms with E-state index in [4.69, 9.17) is 0 Å². The van der Waals surface area contributed by atoms with E-state index in [9.17, 15) is 18.3 Å². The van der Waals surface area contributed by atoms with Crippen molar-refractivity contribution >= 4 is 15.8 Å². The largest absolute Gasteiger partial charge is 0.387 e. The molecule has 0 atom stereocenters. The van der Waals surface area contributed by atoms with E-state index >= 15 is 0 Å². The van der Waals surface area contributed by atoms with E-state index in [1.165, 1.54) is 35.5 Å². The van der Waals surface area contributed by atoms with Crippen LogP contribution in [0.3, 0.4) is 0 Å². The minimum atomic E-state index is -3.56. The Labute approximate surface area is 118 Å². The van der Waals surface area contributed by atoms with E-state index in [1.807, 2.05) is 0 Å². The Morgan fingerprint density at radius 1 is 1.25 bits per heavy atom. The van der Waals surface area contributed by atoms with Crippen LogP contribution in [0.2, 0.25) is 0 Å². The molecular weight excluding hydrogens is 278 g/mol. The van der Waals surface area contributed by atoms with Crippen molar-refractivity contribution in [2.45, 2.75) is 30.3 Å². The molecule has 6 heteroatoms. The van der Waals surface area contributed by atoms with Gasteiger partial charge < -0.3 is 5.11 Å². The Bertz CT molecular complexity index is 640. The van der Waals surface area contributed by atoms with Crippen molar-refractivity contribution in [3.8, 4) is 0 Å². The summed E-state index contributed by atoms with van der Waals surface area (Å²) in [6.45, 7) is 1.79. The van der Waals surface area contributed by atoms with Gasteiger partial charge in [0.1, 0.15) is 0 Å². The molecule has 1 saturated carbocycles. The molecule has 1 aliphatic heterocycles. The van der Waals surface area contributed by atoms with Gasteiger partial charge in [-0.1, -0.05) is 12.1 Å². The lowest BCUT2D eigenvalue weighted by atomic mass is 9.91. The average molecular weight is 295 g/mol. The summed E-state index contributed by atoms with van der Waals surface area (Å²) in [7, 11) is -3.56. The van der Waals surface area contributed by atoms with Crippen LogP contribution in [0.15, 0.2) is 29.2 Å². The Morgan fingerprint density at radius 2 is 1.80 bits per heavy atom. The molecule has 1 aromatic rings. The zero-order valence-corrected chi connectivity index (χ0v) is 12.1. The third-order valence-electron chi connectivity index (χ3n) is 4.14. The standard InChI is InChI=1S/C14H17NO4S/c1-10(16)11-2-6-13(7-3-11)20(18,19)15-8-14(17,9-15)12-4-5-12/h2-3,6-7,12,17H,4-5,8-9H2,1H3. The molecular formula is C14H17NO4S. The number of β-amino-alcohol motifs (C(OH)–C–C–N with tert-alkyl or cyclic N) is 1. The van der Waals surface area contributed by atoms with Crippen LogP contribution in [0.1, 0.15) is 30.1 Å². The number of hydrogen-bond donors (Lipinski definition) is 1. The highest BCUT2D eigenvalue weighted by Crippen LogP contribution is 2.45. The number of hydrogen-bond acceptors (Lipinski definition) is 4. The molecule has 1 heterocycles. The molecule has 108 valence electrons. The molecule has 0 bridgehead atoms. The van der Waals surface area contributed by atoms with Gasteiger partial charge in [-0.05, 0) is 37.8 Å². The summed E-state index contributed by atoms with van der Waals surface area (Å²) < 4.78 is 26.0. The molecule has 1 aliphatic carbocycles. The lowest BCUT2D eigenvalue weighted by Gasteiger charge is -2.45. The van der Waals surface area contributed by atoms with Crippen LogP contribution >= 0.6 is 0 Å². The maximum Gasteiger partial charge on any atom is 0.243 e. The maximum absolute atomic E-state index is 12.4. The van der Waals surface area contributed by atoms with Crippen molar-refractivity contribution < 1.29 is 18.3 Å². The second kappa shape index (κ2) is 4.38. The number of benzene rings is 1. The van der Waals surface area contributed by atoms with Gasteiger partial charge in [0.15, 0.2) is 5.78 Å². The lowest BCUT2D eigenvalue weighted by Crippen LogP contribution is -2.64. The number of ketones is 1. The monoisotopic (exact) mass is 295 g/mol. The highest BCUT2D eigenvalue weighted by molar-refractivity contribution is 7.89. The molecule has 3 rings (SSSR count). The third-order valence-corrected chi connectivity index (χ3v) is 5.94. The molecule has 2 aliphatic rings. The topological polar surface area (TPSA) is 74.7 Å². The summed E-state index contributed by atoms with van der Waals surface area (Å²) >= 11 is 0. The predicted molar refractivity (Wildman–Crippen MR) is 72.9 cm³/mol. The summed E-state index contributed by atoms with van der Waals surface area (Å²) in [6, 6.07) is 5.92. The van der Waals surface area contributed by atoms with Gasteiger partial charge in [0.25, 0.3) is 0 Å². The number of aliphatic hydroxyl groups is 1. The van der Waals surface area contributed by atoms with E-state index < -0.39 is 15.6 Å². The maximum atomic E-state index is 12.4. The number of sulfonamides is 1. The summed E-state index contributed by atoms with van der Waals surface area (Å²) in [5, 5.41) is 10.2. The summed E-state index contributed by atoms with van der Waals surface area (Å²) in [5.41, 5.74) is -0.339. The summed E-state index contributed by atoms with van der Waals surface area (Å²) in [6.07, 6.45) is 1.97. The Kier molecular flexibility index (Phi) is 3.00. The SMILES string of the molecule is CC(=O)c1ccc(S(=O)(=O)N2CC(O)(C3CC3)C2)cc1. The Morgan fingerprint density at radius 3 is 2.25 bits per heavy atom. The highest BCUT2D eigenvalue weighted by Gasteiger charge is 2.55. The van der Waals surface area contributed by atoms with E-state index in [0.717, 1.165) is 12.8 Å². The normalized spacial score (nSPS) is 22.3. The fraction of sp³-hybridized carbons (Fsp3) is 0.500. The van der Waals surface area contributed by atoms with Gasteiger partial charge in [0.05, 0.1) is 10.5 Å². The first-order valence-corrected chi connectivity index (χ1v) is 8.10. The third kappa shape index (κ3) is 2.17. The van der Waals surface area contributed by atoms with Crippen molar-refractivity contribution in [3.05, 3.63) is 29.8 Å². The van der Waals surface area contributed by atoms with Crippen LogP contribution < -0.4 is 0 Å². The van der Waals surface area contributed by atoms with E-state index in [2.05, 4.69) is 0 Å². The van der Waals surface area contributed by atoms with Crippen molar-refractivity contribution in [2.75, 3.05) is 13.1 Å². The van der Waals surface area contributed by atoms with Crippen LogP contribution in [0.5, 0.6) is 0 Å². The van der Waals surface area contributed by atoms with Crippen molar-refractivity contribution in [2.24, 2.45) is 5.92 Å². The van der Waals surface area contributed by atoms with Gasteiger partial charge in [0, 0.05) is 18.7 Å².